The van der Waals surface area contributed by atoms with Crippen LogP contribution in [0.5, 0.6) is 5.75 Å². The first-order valence-corrected chi connectivity index (χ1v) is 10.4. The molecule has 1 aliphatic rings. The Labute approximate surface area is 161 Å². The maximum Gasteiger partial charge on any atom is 0.288 e. The van der Waals surface area contributed by atoms with Gasteiger partial charge in [-0.15, -0.1) is 10.8 Å². The second kappa shape index (κ2) is 8.12. The van der Waals surface area contributed by atoms with Crippen LogP contribution in [0, 0.1) is 0 Å². The van der Waals surface area contributed by atoms with Crippen LogP contribution in [0.3, 0.4) is 0 Å². The zero-order valence-corrected chi connectivity index (χ0v) is 16.2. The SMILES string of the molecule is CC(C)N1C(=O)C(=NCCOc2ccccc2)C(c2ccccc2)S1(O)O. The molecule has 27 heavy (non-hydrogen) atoms. The van der Waals surface area contributed by atoms with E-state index in [1.807, 2.05) is 48.5 Å². The van der Waals surface area contributed by atoms with Gasteiger partial charge in [-0.2, -0.15) is 0 Å². The molecule has 1 aliphatic heterocycles. The molecule has 0 aromatic heterocycles. The van der Waals surface area contributed by atoms with Crippen LogP contribution in [0.2, 0.25) is 0 Å². The molecule has 6 nitrogen and oxygen atoms in total. The molecule has 0 bridgehead atoms. The summed E-state index contributed by atoms with van der Waals surface area (Å²) in [6, 6.07) is 18.0. The number of hydrogen-bond donors (Lipinski definition) is 2. The van der Waals surface area contributed by atoms with Crippen LogP contribution < -0.4 is 4.74 Å². The zero-order valence-electron chi connectivity index (χ0n) is 15.4. The van der Waals surface area contributed by atoms with E-state index in [1.54, 1.807) is 26.0 Å². The molecule has 0 spiro atoms. The molecule has 2 N–H and O–H groups in total. The quantitative estimate of drug-likeness (QED) is 0.728. The molecule has 1 atom stereocenters. The van der Waals surface area contributed by atoms with E-state index in [9.17, 15) is 13.9 Å². The van der Waals surface area contributed by atoms with Crippen LogP contribution in [0.25, 0.3) is 0 Å². The minimum Gasteiger partial charge on any atom is -0.492 e. The van der Waals surface area contributed by atoms with Crippen LogP contribution >= 0.6 is 10.8 Å². The Kier molecular flexibility index (Phi) is 5.84. The first-order valence-electron chi connectivity index (χ1n) is 8.81. The Bertz CT molecular complexity index is 809. The lowest BCUT2D eigenvalue weighted by molar-refractivity contribution is -0.120. The molecular formula is C20H24N2O4S. The summed E-state index contributed by atoms with van der Waals surface area (Å²) < 4.78 is 28.5. The van der Waals surface area contributed by atoms with Crippen molar-refractivity contribution >= 4 is 22.4 Å². The van der Waals surface area contributed by atoms with E-state index in [0.29, 0.717) is 12.2 Å². The van der Waals surface area contributed by atoms with Crippen molar-refractivity contribution in [3.05, 3.63) is 66.2 Å². The molecule has 1 fully saturated rings. The second-order valence-corrected chi connectivity index (χ2v) is 8.49. The lowest BCUT2D eigenvalue weighted by atomic mass is 10.1. The fourth-order valence-corrected chi connectivity index (χ4v) is 5.30. The van der Waals surface area contributed by atoms with Gasteiger partial charge in [-0.25, -0.2) is 4.31 Å². The van der Waals surface area contributed by atoms with E-state index in [1.165, 1.54) is 0 Å². The van der Waals surface area contributed by atoms with Gasteiger partial charge in [0.25, 0.3) is 5.91 Å². The Balaban J connectivity index is 1.84. The summed E-state index contributed by atoms with van der Waals surface area (Å²) >= 11 is 0. The van der Waals surface area contributed by atoms with E-state index in [2.05, 4.69) is 4.99 Å². The van der Waals surface area contributed by atoms with Crippen LogP contribution in [0.15, 0.2) is 65.7 Å². The zero-order chi connectivity index (χ0) is 19.4. The van der Waals surface area contributed by atoms with Crippen molar-refractivity contribution in [2.45, 2.75) is 25.1 Å². The van der Waals surface area contributed by atoms with Gasteiger partial charge in [0, 0.05) is 6.04 Å². The van der Waals surface area contributed by atoms with Crippen LogP contribution in [0.1, 0.15) is 24.7 Å². The predicted molar refractivity (Wildman–Crippen MR) is 108 cm³/mol. The molecule has 1 saturated heterocycles. The van der Waals surface area contributed by atoms with Crippen molar-refractivity contribution in [1.82, 2.24) is 4.31 Å². The maximum atomic E-state index is 12.9. The number of rotatable bonds is 6. The van der Waals surface area contributed by atoms with Gasteiger partial charge in [-0.1, -0.05) is 48.5 Å². The molecule has 3 rings (SSSR count). The summed E-state index contributed by atoms with van der Waals surface area (Å²) in [5.74, 6) is 0.293. The molecule has 2 aromatic carbocycles. The third kappa shape index (κ3) is 4.00. The average molecular weight is 388 g/mol. The fraction of sp³-hybridized carbons (Fsp3) is 0.300. The number of ether oxygens (including phenoxy) is 1. The van der Waals surface area contributed by atoms with Gasteiger partial charge in [0.15, 0.2) is 0 Å². The number of aliphatic imine (C=N–C) groups is 1. The van der Waals surface area contributed by atoms with Gasteiger partial charge in [-0.3, -0.25) is 18.9 Å². The number of carbonyl (C=O) groups is 1. The third-order valence-electron chi connectivity index (χ3n) is 4.23. The van der Waals surface area contributed by atoms with Crippen molar-refractivity contribution in [2.24, 2.45) is 4.99 Å². The van der Waals surface area contributed by atoms with Crippen molar-refractivity contribution < 1.29 is 18.6 Å². The van der Waals surface area contributed by atoms with Gasteiger partial charge in [-0.05, 0) is 31.5 Å². The van der Waals surface area contributed by atoms with Gasteiger partial charge < -0.3 is 4.74 Å². The Morgan fingerprint density at radius 2 is 1.67 bits per heavy atom. The Morgan fingerprint density at radius 3 is 2.26 bits per heavy atom. The molecule has 1 unspecified atom stereocenters. The molecule has 1 amide bonds. The third-order valence-corrected chi connectivity index (χ3v) is 6.52. The molecule has 0 saturated carbocycles. The summed E-state index contributed by atoms with van der Waals surface area (Å²) in [7, 11) is -3.36. The highest BCUT2D eigenvalue weighted by molar-refractivity contribution is 8.24. The normalized spacial score (nSPS) is 21.7. The van der Waals surface area contributed by atoms with Crippen LogP contribution in [0.4, 0.5) is 0 Å². The molecule has 7 heteroatoms. The first kappa shape index (κ1) is 19.4. The number of carbonyl (C=O) groups excluding carboxylic acids is 1. The van der Waals surface area contributed by atoms with Gasteiger partial charge in [0.1, 0.15) is 23.3 Å². The summed E-state index contributed by atoms with van der Waals surface area (Å²) in [4.78, 5) is 17.3. The van der Waals surface area contributed by atoms with E-state index in [4.69, 9.17) is 4.74 Å². The van der Waals surface area contributed by atoms with E-state index >= 15 is 0 Å². The van der Waals surface area contributed by atoms with Gasteiger partial charge in [0.05, 0.1) is 6.54 Å². The summed E-state index contributed by atoms with van der Waals surface area (Å²) in [6.07, 6.45) is 0. The molecule has 1 heterocycles. The molecular weight excluding hydrogens is 364 g/mol. The molecule has 144 valence electrons. The summed E-state index contributed by atoms with van der Waals surface area (Å²) in [5, 5.41) is -0.856. The van der Waals surface area contributed by atoms with Crippen LogP contribution in [-0.4, -0.2) is 44.2 Å². The van der Waals surface area contributed by atoms with Crippen molar-refractivity contribution in [2.75, 3.05) is 13.2 Å². The van der Waals surface area contributed by atoms with Crippen molar-refractivity contribution in [1.29, 1.82) is 0 Å². The van der Waals surface area contributed by atoms with E-state index in [0.717, 1.165) is 10.1 Å². The number of nitrogens with zero attached hydrogens (tertiary/aromatic N) is 2. The minimum atomic E-state index is -3.36. The monoisotopic (exact) mass is 388 g/mol. The predicted octanol–water partition coefficient (Wildman–Crippen LogP) is 4.16. The van der Waals surface area contributed by atoms with E-state index in [-0.39, 0.29) is 18.3 Å². The smallest absolute Gasteiger partial charge is 0.288 e. The van der Waals surface area contributed by atoms with Gasteiger partial charge >= 0.3 is 0 Å². The van der Waals surface area contributed by atoms with Crippen LogP contribution in [-0.2, 0) is 4.79 Å². The number of hydrogen-bond acceptors (Lipinski definition) is 5. The number of para-hydroxylation sites is 1. The highest BCUT2D eigenvalue weighted by Crippen LogP contribution is 2.62. The topological polar surface area (TPSA) is 82.4 Å². The number of benzene rings is 2. The summed E-state index contributed by atoms with van der Waals surface area (Å²) in [6.45, 7) is 4.06. The second-order valence-electron chi connectivity index (χ2n) is 6.51. The Morgan fingerprint density at radius 1 is 1.07 bits per heavy atom. The van der Waals surface area contributed by atoms with Gasteiger partial charge in [0.2, 0.25) is 0 Å². The molecule has 2 aromatic rings. The fourth-order valence-electron chi connectivity index (χ4n) is 3.12. The first-order chi connectivity index (χ1) is 12.9. The highest BCUT2D eigenvalue weighted by atomic mass is 32.3. The van der Waals surface area contributed by atoms with E-state index < -0.39 is 21.9 Å². The maximum absolute atomic E-state index is 12.9. The van der Waals surface area contributed by atoms with Crippen molar-refractivity contribution in [3.8, 4) is 5.75 Å². The standard InChI is InChI=1S/C20H24N2O4S/c1-15(2)22-20(23)18(21-13-14-26-17-11-7-4-8-12-17)19(27(22,24)25)16-9-5-3-6-10-16/h3-12,15,19,24-25H,13-14H2,1-2H3. The molecule has 0 radical (unpaired) electrons. The average Bonchev–Trinajstić information content (AvgIpc) is 2.85. The summed E-state index contributed by atoms with van der Waals surface area (Å²) in [5.41, 5.74) is 0.836. The molecule has 0 aliphatic carbocycles. The highest BCUT2D eigenvalue weighted by Gasteiger charge is 2.51. The number of amides is 1. The Hall–Kier alpha value is -2.35. The largest absolute Gasteiger partial charge is 0.492 e. The lowest BCUT2D eigenvalue weighted by Crippen LogP contribution is -2.34. The van der Waals surface area contributed by atoms with Crippen molar-refractivity contribution in [3.63, 3.8) is 0 Å². The lowest BCUT2D eigenvalue weighted by Gasteiger charge is -2.42. The minimum absolute atomic E-state index is 0.173.